The highest BCUT2D eigenvalue weighted by molar-refractivity contribution is 5.98. The van der Waals surface area contributed by atoms with Gasteiger partial charge in [-0.2, -0.15) is 0 Å². The van der Waals surface area contributed by atoms with Gasteiger partial charge in [0, 0.05) is 0 Å². The molecule has 3 amide bonds. The lowest BCUT2D eigenvalue weighted by Crippen LogP contribution is -2.45. The molecule has 162 valence electrons. The minimum absolute atomic E-state index is 0.147. The summed E-state index contributed by atoms with van der Waals surface area (Å²) in [6, 6.07) is 3.45. The van der Waals surface area contributed by atoms with E-state index >= 15 is 0 Å². The average molecular weight is 419 g/mol. The van der Waals surface area contributed by atoms with E-state index in [4.69, 9.17) is 24.5 Å². The molecule has 0 radical (unpaired) electrons. The molecule has 1 aromatic carbocycles. The highest BCUT2D eigenvalue weighted by Gasteiger charge is 2.28. The maximum absolute atomic E-state index is 12.5. The molecule has 3 N–H and O–H groups in total. The van der Waals surface area contributed by atoms with Crippen LogP contribution in [0.1, 0.15) is 41.2 Å². The van der Waals surface area contributed by atoms with Crippen LogP contribution in [0.15, 0.2) is 22.7 Å². The third-order valence-corrected chi connectivity index (χ3v) is 4.30. The predicted molar refractivity (Wildman–Crippen MR) is 105 cm³/mol. The summed E-state index contributed by atoms with van der Waals surface area (Å²) in [7, 11) is 1.43. The van der Waals surface area contributed by atoms with Crippen LogP contribution in [-0.4, -0.2) is 36.3 Å². The van der Waals surface area contributed by atoms with Gasteiger partial charge in [-0.25, -0.2) is 9.59 Å². The van der Waals surface area contributed by atoms with Crippen LogP contribution in [0.5, 0.6) is 11.5 Å². The first-order valence-electron chi connectivity index (χ1n) is 9.17. The first-order chi connectivity index (χ1) is 14.1. The normalized spacial score (nSPS) is 11.7. The number of imide groups is 1. The van der Waals surface area contributed by atoms with E-state index in [2.05, 4.69) is 5.16 Å². The lowest BCUT2D eigenvalue weighted by atomic mass is 10.1. The van der Waals surface area contributed by atoms with E-state index in [1.807, 2.05) is 12.2 Å². The number of hydrogen-bond donors (Lipinski definition) is 2. The van der Waals surface area contributed by atoms with Crippen molar-refractivity contribution >= 4 is 17.9 Å². The second-order valence-electron chi connectivity index (χ2n) is 6.88. The van der Waals surface area contributed by atoms with Gasteiger partial charge >= 0.3 is 12.0 Å². The summed E-state index contributed by atoms with van der Waals surface area (Å²) in [4.78, 5) is 35.5. The quantitative estimate of drug-likeness (QED) is 0.620. The Labute approximate surface area is 173 Å². The molecule has 1 heterocycles. The number of amides is 3. The van der Waals surface area contributed by atoms with Gasteiger partial charge in [0.1, 0.15) is 12.4 Å². The lowest BCUT2D eigenvalue weighted by Gasteiger charge is -2.20. The molecule has 0 saturated heterocycles. The standard InChI is InChI=1S/C20H25N3O7/c1-10(2)17(18(24)22-20(21)26)29-19(25)13-6-7-15(16(8-13)27-5)28-9-14-11(3)23-30-12(14)4/h6-8,10,17H,9H2,1-5H3,(H3,21,22,24,26)/t17-/m0/s1. The molecule has 2 rings (SSSR count). The zero-order chi connectivity index (χ0) is 22.4. The number of methoxy groups -OCH3 is 1. The van der Waals surface area contributed by atoms with Crippen LogP contribution in [0, 0.1) is 19.8 Å². The molecule has 0 aliphatic carbocycles. The Bertz CT molecular complexity index is 917. The summed E-state index contributed by atoms with van der Waals surface area (Å²) >= 11 is 0. The topological polar surface area (TPSA) is 143 Å². The third-order valence-electron chi connectivity index (χ3n) is 4.30. The molecule has 0 saturated carbocycles. The Morgan fingerprint density at radius 3 is 2.43 bits per heavy atom. The van der Waals surface area contributed by atoms with Gasteiger partial charge in [-0.15, -0.1) is 0 Å². The molecular weight excluding hydrogens is 394 g/mol. The lowest BCUT2D eigenvalue weighted by molar-refractivity contribution is -0.130. The van der Waals surface area contributed by atoms with Gasteiger partial charge in [0.2, 0.25) is 0 Å². The zero-order valence-corrected chi connectivity index (χ0v) is 17.5. The van der Waals surface area contributed by atoms with Crippen molar-refractivity contribution in [2.45, 2.75) is 40.4 Å². The van der Waals surface area contributed by atoms with Gasteiger partial charge in [-0.05, 0) is 38.0 Å². The summed E-state index contributed by atoms with van der Waals surface area (Å²) in [5.74, 6) is -0.575. The van der Waals surface area contributed by atoms with E-state index in [-0.39, 0.29) is 18.1 Å². The van der Waals surface area contributed by atoms with Crippen molar-refractivity contribution in [3.05, 3.63) is 40.8 Å². The minimum atomic E-state index is -1.19. The second-order valence-corrected chi connectivity index (χ2v) is 6.88. The van der Waals surface area contributed by atoms with Crippen LogP contribution in [0.2, 0.25) is 0 Å². The number of nitrogens with two attached hydrogens (primary N) is 1. The van der Waals surface area contributed by atoms with Crippen LogP contribution in [0.4, 0.5) is 4.79 Å². The van der Waals surface area contributed by atoms with Gasteiger partial charge < -0.3 is 24.5 Å². The molecule has 1 atom stereocenters. The first kappa shape index (κ1) is 22.7. The summed E-state index contributed by atoms with van der Waals surface area (Å²) in [6.07, 6.45) is -1.19. The monoisotopic (exact) mass is 419 g/mol. The Morgan fingerprint density at radius 2 is 1.90 bits per heavy atom. The number of benzene rings is 1. The molecule has 0 aliphatic heterocycles. The van der Waals surface area contributed by atoms with E-state index in [0.717, 1.165) is 11.3 Å². The van der Waals surface area contributed by atoms with Crippen LogP contribution in [0.3, 0.4) is 0 Å². The molecular formula is C20H25N3O7. The van der Waals surface area contributed by atoms with Crippen molar-refractivity contribution in [1.82, 2.24) is 10.5 Å². The largest absolute Gasteiger partial charge is 0.493 e. The van der Waals surface area contributed by atoms with Gasteiger partial charge in [0.25, 0.3) is 5.91 Å². The number of aryl methyl sites for hydroxylation is 2. The highest BCUT2D eigenvalue weighted by atomic mass is 16.5. The molecule has 1 aromatic heterocycles. The van der Waals surface area contributed by atoms with Crippen molar-refractivity contribution < 1.29 is 33.1 Å². The van der Waals surface area contributed by atoms with Gasteiger partial charge in [-0.3, -0.25) is 10.1 Å². The maximum Gasteiger partial charge on any atom is 0.339 e. The van der Waals surface area contributed by atoms with Crippen molar-refractivity contribution in [2.24, 2.45) is 11.7 Å². The number of urea groups is 1. The maximum atomic E-state index is 12.5. The summed E-state index contributed by atoms with van der Waals surface area (Å²) in [5.41, 5.74) is 6.65. The molecule has 0 fully saturated rings. The number of nitrogens with zero attached hydrogens (tertiary/aromatic N) is 1. The Hall–Kier alpha value is -3.56. The smallest absolute Gasteiger partial charge is 0.339 e. The molecule has 30 heavy (non-hydrogen) atoms. The van der Waals surface area contributed by atoms with Crippen molar-refractivity contribution in [3.63, 3.8) is 0 Å². The fourth-order valence-electron chi connectivity index (χ4n) is 2.64. The minimum Gasteiger partial charge on any atom is -0.493 e. The second kappa shape index (κ2) is 9.77. The molecule has 0 bridgehead atoms. The van der Waals surface area contributed by atoms with Crippen molar-refractivity contribution in [3.8, 4) is 11.5 Å². The summed E-state index contributed by atoms with van der Waals surface area (Å²) in [6.45, 7) is 7.15. The summed E-state index contributed by atoms with van der Waals surface area (Å²) < 4.78 is 21.5. The molecule has 10 heteroatoms. The fraction of sp³-hybridized carbons (Fsp3) is 0.400. The van der Waals surface area contributed by atoms with Crippen LogP contribution >= 0.6 is 0 Å². The van der Waals surface area contributed by atoms with Crippen LogP contribution in [-0.2, 0) is 16.1 Å². The number of hydrogen-bond acceptors (Lipinski definition) is 8. The predicted octanol–water partition coefficient (Wildman–Crippen LogP) is 2.26. The van der Waals surface area contributed by atoms with E-state index in [1.165, 1.54) is 19.2 Å². The Kier molecular flexibility index (Phi) is 7.40. The van der Waals surface area contributed by atoms with Crippen molar-refractivity contribution in [2.75, 3.05) is 7.11 Å². The fourth-order valence-corrected chi connectivity index (χ4v) is 2.64. The van der Waals surface area contributed by atoms with Gasteiger partial charge in [0.15, 0.2) is 17.6 Å². The number of nitrogens with one attached hydrogen (secondary N) is 1. The van der Waals surface area contributed by atoms with E-state index in [9.17, 15) is 14.4 Å². The number of aromatic nitrogens is 1. The van der Waals surface area contributed by atoms with E-state index in [1.54, 1.807) is 26.8 Å². The van der Waals surface area contributed by atoms with Gasteiger partial charge in [0.05, 0.1) is 23.9 Å². The Morgan fingerprint density at radius 1 is 1.20 bits per heavy atom. The molecule has 0 aliphatic rings. The van der Waals surface area contributed by atoms with Gasteiger partial charge in [-0.1, -0.05) is 19.0 Å². The molecule has 0 unspecified atom stereocenters. The number of ether oxygens (including phenoxy) is 3. The SMILES string of the molecule is COc1cc(C(=O)O[C@H](C(=O)NC(N)=O)C(C)C)ccc1OCc1c(C)noc1C. The molecule has 0 spiro atoms. The highest BCUT2D eigenvalue weighted by Crippen LogP contribution is 2.30. The number of carbonyl (C=O) groups is 3. The first-order valence-corrected chi connectivity index (χ1v) is 9.17. The van der Waals surface area contributed by atoms with Crippen LogP contribution in [0.25, 0.3) is 0 Å². The number of carbonyl (C=O) groups excluding carboxylic acids is 3. The number of primary amides is 1. The van der Waals surface area contributed by atoms with Crippen molar-refractivity contribution in [1.29, 1.82) is 0 Å². The van der Waals surface area contributed by atoms with E-state index in [0.29, 0.717) is 17.3 Å². The molecule has 2 aromatic rings. The Balaban J connectivity index is 2.15. The third kappa shape index (κ3) is 5.49. The van der Waals surface area contributed by atoms with E-state index < -0.39 is 24.0 Å². The number of esters is 1. The van der Waals surface area contributed by atoms with Crippen LogP contribution < -0.4 is 20.5 Å². The summed E-state index contributed by atoms with van der Waals surface area (Å²) in [5, 5.41) is 5.79. The average Bonchev–Trinajstić information content (AvgIpc) is 3.00. The number of rotatable bonds is 8. The molecule has 10 nitrogen and oxygen atoms in total. The zero-order valence-electron chi connectivity index (χ0n) is 17.5.